The van der Waals surface area contributed by atoms with Gasteiger partial charge in [-0.2, -0.15) is 0 Å². The number of pyridine rings is 1. The Kier molecular flexibility index (Phi) is 6.13. The molecule has 1 aliphatic heterocycles. The Morgan fingerprint density at radius 2 is 1.89 bits per heavy atom. The highest BCUT2D eigenvalue weighted by molar-refractivity contribution is 7.91. The second-order valence-corrected chi connectivity index (χ2v) is 12.8. The number of carboxylic acids is 1. The van der Waals surface area contributed by atoms with Crippen LogP contribution in [0.2, 0.25) is 0 Å². The number of hydrogen-bond donors (Lipinski definition) is 1. The predicted molar refractivity (Wildman–Crippen MR) is 139 cm³/mol. The molecular weight excluding hydrogens is 509 g/mol. The van der Waals surface area contributed by atoms with Crippen molar-refractivity contribution in [3.63, 3.8) is 0 Å². The monoisotopic (exact) mass is 537 g/mol. The summed E-state index contributed by atoms with van der Waals surface area (Å²) in [6.45, 7) is 1.92. The van der Waals surface area contributed by atoms with E-state index in [4.69, 9.17) is 9.47 Å². The number of carboxylic acid groups (broad SMARTS) is 1. The highest BCUT2D eigenvalue weighted by Gasteiger charge is 2.59. The number of aryl methyl sites for hydroxylation is 1. The van der Waals surface area contributed by atoms with Gasteiger partial charge in [0.2, 0.25) is 5.88 Å². The van der Waals surface area contributed by atoms with Gasteiger partial charge in [-0.05, 0) is 79.1 Å². The van der Waals surface area contributed by atoms with Crippen molar-refractivity contribution in [2.24, 2.45) is 11.8 Å². The lowest BCUT2D eigenvalue weighted by molar-refractivity contribution is -0.139. The number of ether oxygens (including phenoxy) is 2. The van der Waals surface area contributed by atoms with Gasteiger partial charge in [0, 0.05) is 28.8 Å². The van der Waals surface area contributed by atoms with E-state index in [1.165, 1.54) is 6.07 Å². The van der Waals surface area contributed by atoms with Gasteiger partial charge < -0.3 is 14.6 Å². The number of hydrogen-bond acceptors (Lipinski definition) is 6. The molecule has 6 rings (SSSR count). The van der Waals surface area contributed by atoms with Crippen molar-refractivity contribution >= 4 is 15.8 Å². The molecule has 1 N–H and O–H groups in total. The third kappa shape index (κ3) is 4.75. The minimum absolute atomic E-state index is 0.0569. The average Bonchev–Trinajstić information content (AvgIpc) is 3.47. The van der Waals surface area contributed by atoms with E-state index in [0.29, 0.717) is 30.0 Å². The lowest BCUT2D eigenvalue weighted by atomic mass is 10.0. The first-order chi connectivity index (χ1) is 18.2. The van der Waals surface area contributed by atoms with Gasteiger partial charge in [-0.15, -0.1) is 0 Å². The van der Waals surface area contributed by atoms with Crippen LogP contribution in [-0.4, -0.2) is 42.1 Å². The van der Waals surface area contributed by atoms with E-state index in [-0.39, 0.29) is 47.8 Å². The van der Waals surface area contributed by atoms with E-state index in [1.807, 2.05) is 31.2 Å². The van der Waals surface area contributed by atoms with Gasteiger partial charge in [-0.1, -0.05) is 12.1 Å². The zero-order chi connectivity index (χ0) is 26.6. The van der Waals surface area contributed by atoms with Crippen molar-refractivity contribution in [1.29, 1.82) is 0 Å². The molecule has 0 bridgehead atoms. The Bertz CT molecular complexity index is 1520. The summed E-state index contributed by atoms with van der Waals surface area (Å²) in [5.74, 6) is 0.281. The number of fused-ring (bicyclic) bond motifs is 3. The third-order valence-electron chi connectivity index (χ3n) is 7.98. The molecule has 9 heteroatoms. The maximum atomic E-state index is 14.6. The van der Waals surface area contributed by atoms with E-state index in [2.05, 4.69) is 4.98 Å². The van der Waals surface area contributed by atoms with Gasteiger partial charge in [0.1, 0.15) is 24.3 Å². The first kappa shape index (κ1) is 24.9. The van der Waals surface area contributed by atoms with E-state index in [0.717, 1.165) is 34.4 Å². The maximum absolute atomic E-state index is 14.6. The quantitative estimate of drug-likeness (QED) is 0.466. The van der Waals surface area contributed by atoms with E-state index in [9.17, 15) is 22.7 Å². The van der Waals surface area contributed by atoms with Crippen LogP contribution in [0.1, 0.15) is 41.1 Å². The van der Waals surface area contributed by atoms with E-state index < -0.39 is 15.8 Å². The molecule has 3 unspecified atom stereocenters. The van der Waals surface area contributed by atoms with Crippen LogP contribution in [-0.2, 0) is 27.7 Å². The van der Waals surface area contributed by atoms with Crippen molar-refractivity contribution in [3.8, 4) is 22.8 Å². The number of aromatic nitrogens is 1. The fraction of sp³-hybridized carbons (Fsp3) is 0.379. The summed E-state index contributed by atoms with van der Waals surface area (Å²) in [5.41, 5.74) is 4.99. The van der Waals surface area contributed by atoms with Crippen LogP contribution in [0.5, 0.6) is 11.6 Å². The predicted octanol–water partition coefficient (Wildman–Crippen LogP) is 4.70. The molecule has 0 radical (unpaired) electrons. The molecule has 2 heterocycles. The highest BCUT2D eigenvalue weighted by atomic mass is 32.2. The van der Waals surface area contributed by atoms with Gasteiger partial charge in [-0.25, -0.2) is 17.8 Å². The lowest BCUT2D eigenvalue weighted by Crippen LogP contribution is -2.30. The Balaban J connectivity index is 1.13. The maximum Gasteiger partial charge on any atom is 0.307 e. The molecule has 2 fully saturated rings. The Morgan fingerprint density at radius 3 is 2.63 bits per heavy atom. The fourth-order valence-corrected chi connectivity index (χ4v) is 7.34. The topological polar surface area (TPSA) is 103 Å². The van der Waals surface area contributed by atoms with Crippen molar-refractivity contribution in [3.05, 3.63) is 76.7 Å². The SMILES string of the molecule is Cc1nc(OC2CCS(=O)(=O)CC2)ccc1-c1ccc(F)c(COc2ccc3c(c2)CC2C(C(=O)O)C32)c1. The average molecular weight is 538 g/mol. The largest absolute Gasteiger partial charge is 0.489 e. The van der Waals surface area contributed by atoms with Gasteiger partial charge in [0.25, 0.3) is 0 Å². The summed E-state index contributed by atoms with van der Waals surface area (Å²) in [5, 5.41) is 9.30. The highest BCUT2D eigenvalue weighted by Crippen LogP contribution is 2.61. The van der Waals surface area contributed by atoms with Crippen molar-refractivity contribution in [1.82, 2.24) is 4.98 Å². The molecule has 3 aromatic rings. The van der Waals surface area contributed by atoms with Gasteiger partial charge >= 0.3 is 5.97 Å². The summed E-state index contributed by atoms with van der Waals surface area (Å²) >= 11 is 0. The van der Waals surface area contributed by atoms with Crippen LogP contribution in [0.15, 0.2) is 48.5 Å². The van der Waals surface area contributed by atoms with Crippen LogP contribution in [0, 0.1) is 24.6 Å². The number of carbonyl (C=O) groups is 1. The molecule has 0 spiro atoms. The first-order valence-electron chi connectivity index (χ1n) is 12.8. The lowest BCUT2D eigenvalue weighted by Gasteiger charge is -2.23. The molecular formula is C29H28FNO6S. The van der Waals surface area contributed by atoms with E-state index >= 15 is 0 Å². The number of halogens is 1. The summed E-state index contributed by atoms with van der Waals surface area (Å²) in [4.78, 5) is 15.9. The molecule has 3 atom stereocenters. The second kappa shape index (κ2) is 9.38. The van der Waals surface area contributed by atoms with Crippen LogP contribution < -0.4 is 9.47 Å². The van der Waals surface area contributed by atoms with Crippen molar-refractivity contribution < 1.29 is 32.2 Å². The summed E-state index contributed by atoms with van der Waals surface area (Å²) in [7, 11) is -2.96. The zero-order valence-corrected chi connectivity index (χ0v) is 21.7. The standard InChI is InChI=1S/C29H28FNO6S/c1-16-22(5-7-26(31-16)37-20-8-10-38(34,35)11-9-20)17-2-6-25(30)19(12-17)15-36-21-3-4-23-18(13-21)14-24-27(23)28(24)29(32)33/h2-7,12-13,20,24,27-28H,8-11,14-15H2,1H3,(H,32,33). The Morgan fingerprint density at radius 1 is 1.11 bits per heavy atom. The molecule has 1 saturated heterocycles. The molecule has 198 valence electrons. The van der Waals surface area contributed by atoms with Gasteiger partial charge in [0.15, 0.2) is 9.84 Å². The number of sulfone groups is 1. The van der Waals surface area contributed by atoms with Crippen LogP contribution >= 0.6 is 0 Å². The minimum atomic E-state index is -2.96. The third-order valence-corrected chi connectivity index (χ3v) is 9.70. The van der Waals surface area contributed by atoms with Crippen LogP contribution in [0.3, 0.4) is 0 Å². The number of rotatable bonds is 7. The molecule has 2 aromatic carbocycles. The molecule has 3 aliphatic rings. The Labute approximate surface area is 220 Å². The molecule has 2 aliphatic carbocycles. The molecule has 7 nitrogen and oxygen atoms in total. The van der Waals surface area contributed by atoms with Crippen LogP contribution in [0.4, 0.5) is 4.39 Å². The number of aliphatic carboxylic acids is 1. The summed E-state index contributed by atoms with van der Waals surface area (Å²) < 4.78 is 49.8. The zero-order valence-electron chi connectivity index (χ0n) is 20.9. The van der Waals surface area contributed by atoms with Gasteiger partial charge in [-0.3, -0.25) is 4.79 Å². The smallest absolute Gasteiger partial charge is 0.307 e. The molecule has 1 saturated carbocycles. The van der Waals surface area contributed by atoms with Crippen molar-refractivity contribution in [2.75, 3.05) is 11.5 Å². The second-order valence-electron chi connectivity index (χ2n) is 10.5. The minimum Gasteiger partial charge on any atom is -0.489 e. The molecule has 38 heavy (non-hydrogen) atoms. The fourth-order valence-electron chi connectivity index (χ4n) is 5.90. The normalized spacial score (nSPS) is 23.4. The summed E-state index contributed by atoms with van der Waals surface area (Å²) in [6, 6.07) is 14.2. The van der Waals surface area contributed by atoms with Gasteiger partial charge in [0.05, 0.1) is 17.4 Å². The molecule has 0 amide bonds. The number of benzene rings is 2. The van der Waals surface area contributed by atoms with Crippen LogP contribution in [0.25, 0.3) is 11.1 Å². The van der Waals surface area contributed by atoms with Crippen molar-refractivity contribution in [2.45, 2.75) is 44.8 Å². The van der Waals surface area contributed by atoms with E-state index in [1.54, 1.807) is 18.2 Å². The first-order valence-corrected chi connectivity index (χ1v) is 14.6. The Hall–Kier alpha value is -3.46. The number of nitrogens with zero attached hydrogens (tertiary/aromatic N) is 1. The summed E-state index contributed by atoms with van der Waals surface area (Å²) in [6.07, 6.45) is 1.49. The molecule has 1 aromatic heterocycles.